The van der Waals surface area contributed by atoms with Crippen LogP contribution < -0.4 is 5.73 Å². The smallest absolute Gasteiger partial charge is 0.305 e. The molecule has 16 heavy (non-hydrogen) atoms. The van der Waals surface area contributed by atoms with E-state index >= 15 is 0 Å². The zero-order valence-electron chi connectivity index (χ0n) is 10.7. The number of unbranched alkanes of at least 4 members (excludes halogenated alkanes) is 7. The van der Waals surface area contributed by atoms with Gasteiger partial charge in [0.1, 0.15) is 6.61 Å². The van der Waals surface area contributed by atoms with Crippen molar-refractivity contribution in [2.75, 3.05) is 13.2 Å². The van der Waals surface area contributed by atoms with Crippen molar-refractivity contribution in [3.05, 3.63) is 0 Å². The molecule has 0 bridgehead atoms. The zero-order chi connectivity index (χ0) is 12.1. The highest BCUT2D eigenvalue weighted by molar-refractivity contribution is 5.69. The first-order valence-electron chi connectivity index (χ1n) is 6.67. The van der Waals surface area contributed by atoms with E-state index < -0.39 is 0 Å². The maximum absolute atomic E-state index is 11.1. The lowest BCUT2D eigenvalue weighted by atomic mass is 10.1. The van der Waals surface area contributed by atoms with Crippen molar-refractivity contribution < 1.29 is 9.53 Å². The van der Waals surface area contributed by atoms with Gasteiger partial charge in [0.15, 0.2) is 0 Å². The molecule has 0 fully saturated rings. The minimum atomic E-state index is -0.101. The van der Waals surface area contributed by atoms with Crippen LogP contribution in [0.15, 0.2) is 0 Å². The summed E-state index contributed by atoms with van der Waals surface area (Å²) in [4.78, 5) is 11.1. The summed E-state index contributed by atoms with van der Waals surface area (Å²) in [7, 11) is 0. The van der Waals surface area contributed by atoms with E-state index in [0.717, 1.165) is 12.8 Å². The number of esters is 1. The molecule has 2 N–H and O–H groups in total. The normalized spacial score (nSPS) is 10.4. The van der Waals surface area contributed by atoms with Crippen LogP contribution in [-0.2, 0) is 9.53 Å². The Bertz CT molecular complexity index is 160. The Balaban J connectivity index is 3.05. The van der Waals surface area contributed by atoms with Gasteiger partial charge in [0.05, 0.1) is 0 Å². The van der Waals surface area contributed by atoms with Gasteiger partial charge in [-0.15, -0.1) is 0 Å². The minimum absolute atomic E-state index is 0.101. The molecular formula is C13H27NO2. The van der Waals surface area contributed by atoms with Crippen molar-refractivity contribution in [3.8, 4) is 0 Å². The summed E-state index contributed by atoms with van der Waals surface area (Å²) in [6, 6.07) is 0. The predicted octanol–water partition coefficient (Wildman–Crippen LogP) is 3.02. The maximum atomic E-state index is 11.1. The summed E-state index contributed by atoms with van der Waals surface area (Å²) < 4.78 is 4.89. The number of carbonyl (C=O) groups is 1. The van der Waals surface area contributed by atoms with Crippen LogP contribution in [0.3, 0.4) is 0 Å². The lowest BCUT2D eigenvalue weighted by molar-refractivity contribution is -0.143. The zero-order valence-corrected chi connectivity index (χ0v) is 10.7. The first kappa shape index (κ1) is 15.4. The number of rotatable bonds is 11. The number of hydrogen-bond acceptors (Lipinski definition) is 3. The van der Waals surface area contributed by atoms with Gasteiger partial charge in [-0.05, 0) is 6.42 Å². The lowest BCUT2D eigenvalue weighted by Crippen LogP contribution is -2.13. The molecule has 0 radical (unpaired) electrons. The second-order valence-corrected chi connectivity index (χ2v) is 4.23. The highest BCUT2D eigenvalue weighted by Gasteiger charge is 2.01. The van der Waals surface area contributed by atoms with Crippen LogP contribution in [0, 0.1) is 0 Å². The van der Waals surface area contributed by atoms with Gasteiger partial charge < -0.3 is 10.5 Å². The third kappa shape index (κ3) is 11.5. The molecule has 3 nitrogen and oxygen atoms in total. The standard InChI is InChI=1S/C13H27NO2/c1-2-3-4-5-6-7-8-9-10-13(15)16-12-11-14/h2-12,14H2,1H3. The molecule has 0 aromatic carbocycles. The molecule has 0 aliphatic carbocycles. The Kier molecular flexibility index (Phi) is 12.1. The Morgan fingerprint density at radius 1 is 1.00 bits per heavy atom. The van der Waals surface area contributed by atoms with Gasteiger partial charge in [0, 0.05) is 13.0 Å². The molecular weight excluding hydrogens is 202 g/mol. The fraction of sp³-hybridized carbons (Fsp3) is 0.923. The number of nitrogens with two attached hydrogens (primary N) is 1. The fourth-order valence-electron chi connectivity index (χ4n) is 1.65. The van der Waals surface area contributed by atoms with E-state index in [1.165, 1.54) is 38.5 Å². The first-order chi connectivity index (χ1) is 7.81. The van der Waals surface area contributed by atoms with E-state index in [-0.39, 0.29) is 5.97 Å². The third-order valence-corrected chi connectivity index (χ3v) is 2.62. The van der Waals surface area contributed by atoms with Crippen LogP contribution in [0.2, 0.25) is 0 Å². The van der Waals surface area contributed by atoms with Gasteiger partial charge in [0.25, 0.3) is 0 Å². The molecule has 0 unspecified atom stereocenters. The van der Waals surface area contributed by atoms with Crippen LogP contribution in [0.4, 0.5) is 0 Å². The molecule has 0 atom stereocenters. The number of ether oxygens (including phenoxy) is 1. The summed E-state index contributed by atoms with van der Waals surface area (Å²) in [5.41, 5.74) is 5.23. The molecule has 0 aromatic heterocycles. The van der Waals surface area contributed by atoms with Crippen molar-refractivity contribution in [3.63, 3.8) is 0 Å². The average Bonchev–Trinajstić information content (AvgIpc) is 2.30. The first-order valence-corrected chi connectivity index (χ1v) is 6.67. The van der Waals surface area contributed by atoms with Crippen molar-refractivity contribution in [1.82, 2.24) is 0 Å². The lowest BCUT2D eigenvalue weighted by Gasteiger charge is -2.03. The third-order valence-electron chi connectivity index (χ3n) is 2.62. The summed E-state index contributed by atoms with van der Waals surface area (Å²) in [6.07, 6.45) is 10.5. The van der Waals surface area contributed by atoms with Crippen molar-refractivity contribution in [1.29, 1.82) is 0 Å². The molecule has 3 heteroatoms. The molecule has 0 aliphatic heterocycles. The summed E-state index contributed by atoms with van der Waals surface area (Å²) in [6.45, 7) is 3.01. The quantitative estimate of drug-likeness (QED) is 0.437. The van der Waals surface area contributed by atoms with Gasteiger partial charge >= 0.3 is 5.97 Å². The van der Waals surface area contributed by atoms with Crippen molar-refractivity contribution >= 4 is 5.97 Å². The van der Waals surface area contributed by atoms with Gasteiger partial charge in [-0.25, -0.2) is 0 Å². The van der Waals surface area contributed by atoms with Crippen LogP contribution in [0.5, 0.6) is 0 Å². The molecule has 0 aromatic rings. The molecule has 0 aliphatic rings. The van der Waals surface area contributed by atoms with E-state index in [0.29, 0.717) is 19.6 Å². The molecule has 0 heterocycles. The highest BCUT2D eigenvalue weighted by Crippen LogP contribution is 2.09. The van der Waals surface area contributed by atoms with E-state index in [2.05, 4.69) is 6.92 Å². The topological polar surface area (TPSA) is 52.3 Å². The molecule has 0 rings (SSSR count). The Hall–Kier alpha value is -0.570. The second-order valence-electron chi connectivity index (χ2n) is 4.23. The molecule has 0 spiro atoms. The molecule has 0 saturated heterocycles. The van der Waals surface area contributed by atoms with Crippen LogP contribution in [0.1, 0.15) is 64.7 Å². The molecule has 0 amide bonds. The fourth-order valence-corrected chi connectivity index (χ4v) is 1.65. The van der Waals surface area contributed by atoms with E-state index in [4.69, 9.17) is 10.5 Å². The summed E-state index contributed by atoms with van der Waals surface area (Å²) in [5.74, 6) is -0.101. The Morgan fingerprint density at radius 2 is 1.56 bits per heavy atom. The summed E-state index contributed by atoms with van der Waals surface area (Å²) in [5, 5.41) is 0. The van der Waals surface area contributed by atoms with Gasteiger partial charge in [-0.1, -0.05) is 51.9 Å². The monoisotopic (exact) mass is 229 g/mol. The van der Waals surface area contributed by atoms with Crippen molar-refractivity contribution in [2.24, 2.45) is 5.73 Å². The van der Waals surface area contributed by atoms with Gasteiger partial charge in [-0.3, -0.25) is 4.79 Å². The number of hydrogen-bond donors (Lipinski definition) is 1. The van der Waals surface area contributed by atoms with E-state index in [1.54, 1.807) is 0 Å². The van der Waals surface area contributed by atoms with E-state index in [1.807, 2.05) is 0 Å². The van der Waals surface area contributed by atoms with Crippen LogP contribution >= 0.6 is 0 Å². The predicted molar refractivity (Wildman–Crippen MR) is 67.2 cm³/mol. The van der Waals surface area contributed by atoms with E-state index in [9.17, 15) is 4.79 Å². The van der Waals surface area contributed by atoms with Crippen LogP contribution in [0.25, 0.3) is 0 Å². The minimum Gasteiger partial charge on any atom is -0.464 e. The number of carbonyl (C=O) groups excluding carboxylic acids is 1. The average molecular weight is 229 g/mol. The van der Waals surface area contributed by atoms with Gasteiger partial charge in [-0.2, -0.15) is 0 Å². The highest BCUT2D eigenvalue weighted by atomic mass is 16.5. The van der Waals surface area contributed by atoms with Crippen molar-refractivity contribution in [2.45, 2.75) is 64.7 Å². The Morgan fingerprint density at radius 3 is 2.12 bits per heavy atom. The van der Waals surface area contributed by atoms with Crippen LogP contribution in [-0.4, -0.2) is 19.1 Å². The summed E-state index contributed by atoms with van der Waals surface area (Å²) >= 11 is 0. The SMILES string of the molecule is CCCCCCCCCCC(=O)OCCN. The van der Waals surface area contributed by atoms with Gasteiger partial charge in [0.2, 0.25) is 0 Å². The maximum Gasteiger partial charge on any atom is 0.305 e. The molecule has 96 valence electrons. The molecule has 0 saturated carbocycles. The second kappa shape index (κ2) is 12.5. The Labute approximate surface area is 99.7 Å². The largest absolute Gasteiger partial charge is 0.464 e.